The molecule has 2 aromatic heterocycles. The maximum Gasteiger partial charge on any atom is 0.416 e. The number of aromatic nitrogens is 2. The molecule has 3 rings (SSSR count). The maximum atomic E-state index is 13.0. The highest BCUT2D eigenvalue weighted by Crippen LogP contribution is 2.33. The van der Waals surface area contributed by atoms with Gasteiger partial charge >= 0.3 is 6.18 Å². The van der Waals surface area contributed by atoms with E-state index in [2.05, 4.69) is 4.98 Å². The van der Waals surface area contributed by atoms with Gasteiger partial charge < -0.3 is 0 Å². The van der Waals surface area contributed by atoms with Gasteiger partial charge in [0.1, 0.15) is 0 Å². The minimum atomic E-state index is -4.48. The van der Waals surface area contributed by atoms with E-state index in [1.54, 1.807) is 0 Å². The van der Waals surface area contributed by atoms with E-state index < -0.39 is 21.6 Å². The normalized spacial score (nSPS) is 12.7. The third kappa shape index (κ3) is 2.94. The molecule has 0 saturated carbocycles. The number of fused-ring (bicyclic) bond motifs is 1. The number of pyridine rings is 1. The number of imidazole rings is 1. The molecule has 1 aromatic carbocycles. The smallest absolute Gasteiger partial charge is 0.299 e. The summed E-state index contributed by atoms with van der Waals surface area (Å²) in [6.07, 6.45) is -0.660. The molecule has 3 aromatic rings. The molecule has 0 fully saturated rings. The van der Waals surface area contributed by atoms with E-state index in [0.29, 0.717) is 11.1 Å². The van der Waals surface area contributed by atoms with Crippen molar-refractivity contribution in [2.24, 2.45) is 0 Å². The van der Waals surface area contributed by atoms with Gasteiger partial charge in [-0.2, -0.15) is 13.2 Å². The summed E-state index contributed by atoms with van der Waals surface area (Å²) in [5.41, 5.74) is 0.272. The van der Waals surface area contributed by atoms with E-state index in [1.165, 1.54) is 41.2 Å². The molecule has 8 heteroatoms. The third-order valence-corrected chi connectivity index (χ3v) is 4.56. The summed E-state index contributed by atoms with van der Waals surface area (Å²) in [5.74, 6) is 0. The summed E-state index contributed by atoms with van der Waals surface area (Å²) in [6, 6.07) is 7.73. The standard InChI is InChI=1S/C15H11F3N2O2S/c1-23(21,22)13-4-2-10(3-5-13)14-7-11(15(16,17)18)6-12-8-19-9-20(12)14/h2-9H,1H3. The molecule has 0 spiro atoms. The minimum absolute atomic E-state index is 0.107. The van der Waals surface area contributed by atoms with Crippen molar-refractivity contribution in [1.29, 1.82) is 0 Å². The van der Waals surface area contributed by atoms with Gasteiger partial charge in [0.15, 0.2) is 9.84 Å². The molecule has 0 radical (unpaired) electrons. The van der Waals surface area contributed by atoms with Crippen LogP contribution in [0.2, 0.25) is 0 Å². The van der Waals surface area contributed by atoms with Crippen LogP contribution in [0.4, 0.5) is 13.2 Å². The van der Waals surface area contributed by atoms with E-state index in [-0.39, 0.29) is 10.6 Å². The van der Waals surface area contributed by atoms with Crippen molar-refractivity contribution in [1.82, 2.24) is 9.38 Å². The molecule has 23 heavy (non-hydrogen) atoms. The fourth-order valence-electron chi connectivity index (χ4n) is 2.29. The highest BCUT2D eigenvalue weighted by Gasteiger charge is 2.31. The lowest BCUT2D eigenvalue weighted by atomic mass is 10.1. The highest BCUT2D eigenvalue weighted by molar-refractivity contribution is 7.90. The number of hydrogen-bond acceptors (Lipinski definition) is 3. The summed E-state index contributed by atoms with van der Waals surface area (Å²) in [5, 5.41) is 0. The zero-order valence-corrected chi connectivity index (χ0v) is 12.7. The van der Waals surface area contributed by atoms with Crippen LogP contribution < -0.4 is 0 Å². The molecule has 0 N–H and O–H groups in total. The Balaban J connectivity index is 2.21. The second-order valence-electron chi connectivity index (χ2n) is 5.11. The second kappa shape index (κ2) is 5.09. The van der Waals surface area contributed by atoms with Gasteiger partial charge in [-0.25, -0.2) is 13.4 Å². The first-order chi connectivity index (χ1) is 10.7. The van der Waals surface area contributed by atoms with Crippen LogP contribution in [0.25, 0.3) is 16.8 Å². The van der Waals surface area contributed by atoms with Crippen LogP contribution in [-0.2, 0) is 16.0 Å². The van der Waals surface area contributed by atoms with Crippen LogP contribution in [0, 0.1) is 0 Å². The molecule has 120 valence electrons. The first kappa shape index (κ1) is 15.5. The van der Waals surface area contributed by atoms with E-state index in [0.717, 1.165) is 18.4 Å². The summed E-state index contributed by atoms with van der Waals surface area (Å²) in [4.78, 5) is 3.97. The van der Waals surface area contributed by atoms with Crippen molar-refractivity contribution in [3.63, 3.8) is 0 Å². The number of halogens is 3. The summed E-state index contributed by atoms with van der Waals surface area (Å²) in [6.45, 7) is 0. The Morgan fingerprint density at radius 1 is 1.09 bits per heavy atom. The second-order valence-corrected chi connectivity index (χ2v) is 7.13. The van der Waals surface area contributed by atoms with E-state index in [1.807, 2.05) is 0 Å². The molecule has 4 nitrogen and oxygen atoms in total. The first-order valence-electron chi connectivity index (χ1n) is 6.50. The van der Waals surface area contributed by atoms with E-state index in [9.17, 15) is 21.6 Å². The lowest BCUT2D eigenvalue weighted by molar-refractivity contribution is -0.137. The number of rotatable bonds is 2. The summed E-state index contributed by atoms with van der Waals surface area (Å²) >= 11 is 0. The number of alkyl halides is 3. The SMILES string of the molecule is CS(=O)(=O)c1ccc(-c2cc(C(F)(F)F)cc3cncn23)cc1. The van der Waals surface area contributed by atoms with Crippen LogP contribution >= 0.6 is 0 Å². The van der Waals surface area contributed by atoms with Crippen molar-refractivity contribution < 1.29 is 21.6 Å². The lowest BCUT2D eigenvalue weighted by Gasteiger charge is -2.12. The van der Waals surface area contributed by atoms with Crippen LogP contribution in [0.15, 0.2) is 53.8 Å². The molecular weight excluding hydrogens is 329 g/mol. The van der Waals surface area contributed by atoms with Crippen LogP contribution in [0.3, 0.4) is 0 Å². The van der Waals surface area contributed by atoms with Gasteiger partial charge in [0.05, 0.1) is 34.2 Å². The molecule has 0 bridgehead atoms. The Kier molecular flexibility index (Phi) is 3.44. The number of nitrogens with zero attached hydrogens (tertiary/aromatic N) is 2. The zero-order chi connectivity index (χ0) is 16.8. The van der Waals surface area contributed by atoms with Crippen LogP contribution in [0.5, 0.6) is 0 Å². The predicted molar refractivity (Wildman–Crippen MR) is 78.7 cm³/mol. The highest BCUT2D eigenvalue weighted by atomic mass is 32.2. The third-order valence-electron chi connectivity index (χ3n) is 3.43. The molecule has 0 aliphatic heterocycles. The Labute approximate surface area is 130 Å². The topological polar surface area (TPSA) is 51.4 Å². The van der Waals surface area contributed by atoms with Crippen LogP contribution in [-0.4, -0.2) is 24.1 Å². The van der Waals surface area contributed by atoms with Gasteiger partial charge in [-0.15, -0.1) is 0 Å². The molecular formula is C15H11F3N2O2S. The molecule has 0 atom stereocenters. The number of benzene rings is 1. The van der Waals surface area contributed by atoms with Crippen molar-refractivity contribution in [3.05, 3.63) is 54.5 Å². The van der Waals surface area contributed by atoms with E-state index in [4.69, 9.17) is 0 Å². The maximum absolute atomic E-state index is 13.0. The fourth-order valence-corrected chi connectivity index (χ4v) is 2.92. The van der Waals surface area contributed by atoms with Gasteiger partial charge in [0.2, 0.25) is 0 Å². The average Bonchev–Trinajstić information content (AvgIpc) is 2.93. The van der Waals surface area contributed by atoms with E-state index >= 15 is 0 Å². The number of sulfone groups is 1. The molecule has 0 aliphatic carbocycles. The fraction of sp³-hybridized carbons (Fsp3) is 0.133. The predicted octanol–water partition coefficient (Wildman–Crippen LogP) is 3.42. The molecule has 0 unspecified atom stereocenters. The van der Waals surface area contributed by atoms with Gasteiger partial charge in [0, 0.05) is 6.26 Å². The quantitative estimate of drug-likeness (QED) is 0.718. The monoisotopic (exact) mass is 340 g/mol. The van der Waals surface area contributed by atoms with Crippen molar-refractivity contribution in [2.45, 2.75) is 11.1 Å². The molecule has 2 heterocycles. The number of hydrogen-bond donors (Lipinski definition) is 0. The largest absolute Gasteiger partial charge is 0.416 e. The molecule has 0 saturated heterocycles. The van der Waals surface area contributed by atoms with Gasteiger partial charge in [-0.05, 0) is 29.8 Å². The zero-order valence-electron chi connectivity index (χ0n) is 11.9. The van der Waals surface area contributed by atoms with Crippen molar-refractivity contribution in [3.8, 4) is 11.3 Å². The van der Waals surface area contributed by atoms with Gasteiger partial charge in [0.25, 0.3) is 0 Å². The Hall–Kier alpha value is -2.35. The Morgan fingerprint density at radius 2 is 1.74 bits per heavy atom. The first-order valence-corrected chi connectivity index (χ1v) is 8.39. The Morgan fingerprint density at radius 3 is 2.30 bits per heavy atom. The van der Waals surface area contributed by atoms with Gasteiger partial charge in [-0.3, -0.25) is 4.40 Å². The van der Waals surface area contributed by atoms with Crippen LogP contribution in [0.1, 0.15) is 5.56 Å². The molecule has 0 aliphatic rings. The summed E-state index contributed by atoms with van der Waals surface area (Å²) < 4.78 is 63.6. The minimum Gasteiger partial charge on any atom is -0.299 e. The lowest BCUT2D eigenvalue weighted by Crippen LogP contribution is -2.06. The van der Waals surface area contributed by atoms with Crippen molar-refractivity contribution in [2.75, 3.05) is 6.26 Å². The molecule has 0 amide bonds. The van der Waals surface area contributed by atoms with Crippen molar-refractivity contribution >= 4 is 15.4 Å². The average molecular weight is 340 g/mol. The summed E-state index contributed by atoms with van der Waals surface area (Å²) in [7, 11) is -3.36. The Bertz CT molecular complexity index is 974. The van der Waals surface area contributed by atoms with Gasteiger partial charge in [-0.1, -0.05) is 12.1 Å².